The van der Waals surface area contributed by atoms with Crippen molar-refractivity contribution >= 4 is 17.6 Å². The van der Waals surface area contributed by atoms with Gasteiger partial charge in [-0.2, -0.15) is 0 Å². The Labute approximate surface area is 84.6 Å². The molecule has 0 aromatic carbocycles. The number of hydrogen-bond donors (Lipinski definition) is 1. The fourth-order valence-electron chi connectivity index (χ4n) is 1.20. The number of unbranched alkanes of at least 4 members (excludes halogenated alkanes) is 2. The molecule has 1 atom stereocenters. The van der Waals surface area contributed by atoms with Gasteiger partial charge in [-0.05, 0) is 19.8 Å². The molecule has 0 spiro atoms. The maximum Gasteiger partial charge on any atom is 0.310 e. The lowest BCUT2D eigenvalue weighted by Crippen LogP contribution is -2.14. The van der Waals surface area contributed by atoms with E-state index in [9.17, 15) is 4.79 Å². The lowest BCUT2D eigenvalue weighted by Gasteiger charge is -2.10. The number of halogens is 1. The molecule has 0 bridgehead atoms. The normalized spacial score (nSPS) is 12.5. The third kappa shape index (κ3) is 5.69. The van der Waals surface area contributed by atoms with Crippen LogP contribution in [0, 0.1) is 5.92 Å². The second-order valence-electron chi connectivity index (χ2n) is 3.28. The van der Waals surface area contributed by atoms with Gasteiger partial charge in [0, 0.05) is 5.88 Å². The summed E-state index contributed by atoms with van der Waals surface area (Å²) in [5.74, 6) is -0.487. The van der Waals surface area contributed by atoms with Crippen molar-refractivity contribution in [2.45, 2.75) is 32.6 Å². The van der Waals surface area contributed by atoms with Gasteiger partial charge in [-0.15, -0.1) is 11.6 Å². The van der Waals surface area contributed by atoms with Crippen molar-refractivity contribution in [3.8, 4) is 0 Å². The molecule has 0 aliphatic rings. The first-order valence-corrected chi connectivity index (χ1v) is 5.07. The van der Waals surface area contributed by atoms with E-state index in [1.165, 1.54) is 0 Å². The molecule has 76 valence electrons. The Balaban J connectivity index is 3.71. The van der Waals surface area contributed by atoms with Crippen LogP contribution in [0.4, 0.5) is 0 Å². The Kier molecular flexibility index (Phi) is 6.69. The SMILES string of the molecule is C=C(C)C(CCCCCCl)C(=O)O. The van der Waals surface area contributed by atoms with Crippen molar-refractivity contribution in [3.63, 3.8) is 0 Å². The number of carboxylic acid groups (broad SMARTS) is 1. The van der Waals surface area contributed by atoms with E-state index in [2.05, 4.69) is 6.58 Å². The molecule has 0 aliphatic heterocycles. The molecule has 0 fully saturated rings. The standard InChI is InChI=1S/C10H17ClO2/c1-8(2)9(10(12)13)6-4-3-5-7-11/h9H,1,3-7H2,2H3,(H,12,13). The molecule has 0 saturated carbocycles. The molecule has 0 aliphatic carbocycles. The smallest absolute Gasteiger partial charge is 0.310 e. The van der Waals surface area contributed by atoms with E-state index in [0.29, 0.717) is 12.3 Å². The zero-order valence-electron chi connectivity index (χ0n) is 8.05. The Morgan fingerprint density at radius 1 is 1.46 bits per heavy atom. The van der Waals surface area contributed by atoms with Crippen LogP contribution in [0.15, 0.2) is 12.2 Å². The summed E-state index contributed by atoms with van der Waals surface area (Å²) in [5.41, 5.74) is 0.735. The zero-order chi connectivity index (χ0) is 10.3. The molecule has 0 radical (unpaired) electrons. The lowest BCUT2D eigenvalue weighted by atomic mass is 9.95. The summed E-state index contributed by atoms with van der Waals surface area (Å²) in [7, 11) is 0. The van der Waals surface area contributed by atoms with Gasteiger partial charge in [0.15, 0.2) is 0 Å². The van der Waals surface area contributed by atoms with Crippen molar-refractivity contribution in [3.05, 3.63) is 12.2 Å². The van der Waals surface area contributed by atoms with E-state index < -0.39 is 5.97 Å². The minimum absolute atomic E-state index is 0.379. The average molecular weight is 205 g/mol. The first-order valence-electron chi connectivity index (χ1n) is 4.53. The van der Waals surface area contributed by atoms with Crippen molar-refractivity contribution in [1.82, 2.24) is 0 Å². The largest absolute Gasteiger partial charge is 0.481 e. The van der Waals surface area contributed by atoms with Crippen molar-refractivity contribution in [1.29, 1.82) is 0 Å². The third-order valence-corrected chi connectivity index (χ3v) is 2.29. The molecule has 0 amide bonds. The van der Waals surface area contributed by atoms with Crippen LogP contribution in [-0.4, -0.2) is 17.0 Å². The van der Waals surface area contributed by atoms with Crippen LogP contribution in [0.1, 0.15) is 32.6 Å². The van der Waals surface area contributed by atoms with Gasteiger partial charge in [-0.3, -0.25) is 4.79 Å². The average Bonchev–Trinajstić information content (AvgIpc) is 2.02. The molecule has 0 heterocycles. The molecule has 0 saturated heterocycles. The number of carboxylic acids is 1. The Morgan fingerprint density at radius 3 is 2.46 bits per heavy atom. The second-order valence-corrected chi connectivity index (χ2v) is 3.65. The summed E-state index contributed by atoms with van der Waals surface area (Å²) in [6.45, 7) is 5.43. The molecule has 1 N–H and O–H groups in total. The van der Waals surface area contributed by atoms with E-state index in [-0.39, 0.29) is 5.92 Å². The van der Waals surface area contributed by atoms with Crippen molar-refractivity contribution in [2.75, 3.05) is 5.88 Å². The van der Waals surface area contributed by atoms with E-state index in [1.54, 1.807) is 6.92 Å². The molecule has 3 heteroatoms. The minimum Gasteiger partial charge on any atom is -0.481 e. The number of rotatable bonds is 7. The third-order valence-electron chi connectivity index (χ3n) is 2.02. The molecule has 0 aromatic rings. The van der Waals surface area contributed by atoms with Crippen LogP contribution in [0.5, 0.6) is 0 Å². The van der Waals surface area contributed by atoms with Crippen molar-refractivity contribution in [2.24, 2.45) is 5.92 Å². The van der Waals surface area contributed by atoms with Gasteiger partial charge >= 0.3 is 5.97 Å². The summed E-state index contributed by atoms with van der Waals surface area (Å²) in [5, 5.41) is 8.81. The molecule has 13 heavy (non-hydrogen) atoms. The highest BCUT2D eigenvalue weighted by Gasteiger charge is 2.16. The first-order chi connectivity index (χ1) is 6.09. The summed E-state index contributed by atoms with van der Waals surface area (Å²) >= 11 is 5.51. The predicted octanol–water partition coefficient (Wildman–Crippen LogP) is 3.06. The highest BCUT2D eigenvalue weighted by molar-refractivity contribution is 6.17. The maximum atomic E-state index is 10.7. The number of aliphatic carboxylic acids is 1. The fourth-order valence-corrected chi connectivity index (χ4v) is 1.39. The molecular formula is C10H17ClO2. The Morgan fingerprint density at radius 2 is 2.08 bits per heavy atom. The second kappa shape index (κ2) is 6.96. The predicted molar refractivity (Wildman–Crippen MR) is 55.1 cm³/mol. The topological polar surface area (TPSA) is 37.3 Å². The highest BCUT2D eigenvalue weighted by Crippen LogP contribution is 2.17. The van der Waals surface area contributed by atoms with Crippen LogP contribution < -0.4 is 0 Å². The number of alkyl halides is 1. The van der Waals surface area contributed by atoms with Gasteiger partial charge in [0.1, 0.15) is 0 Å². The van der Waals surface area contributed by atoms with Crippen LogP contribution >= 0.6 is 11.6 Å². The highest BCUT2D eigenvalue weighted by atomic mass is 35.5. The lowest BCUT2D eigenvalue weighted by molar-refractivity contribution is -0.140. The zero-order valence-corrected chi connectivity index (χ0v) is 8.81. The van der Waals surface area contributed by atoms with E-state index in [4.69, 9.17) is 16.7 Å². The van der Waals surface area contributed by atoms with Gasteiger partial charge in [0.2, 0.25) is 0 Å². The summed E-state index contributed by atoms with van der Waals surface area (Å²) in [6, 6.07) is 0. The fraction of sp³-hybridized carbons (Fsp3) is 0.700. The van der Waals surface area contributed by atoms with E-state index in [1.807, 2.05) is 0 Å². The van der Waals surface area contributed by atoms with Gasteiger partial charge in [-0.1, -0.05) is 25.0 Å². The van der Waals surface area contributed by atoms with Crippen molar-refractivity contribution < 1.29 is 9.90 Å². The van der Waals surface area contributed by atoms with Gasteiger partial charge < -0.3 is 5.11 Å². The minimum atomic E-state index is -0.765. The molecule has 2 nitrogen and oxygen atoms in total. The Bertz CT molecular complexity index is 164. The van der Waals surface area contributed by atoms with Crippen LogP contribution in [0.3, 0.4) is 0 Å². The Hall–Kier alpha value is -0.500. The quantitative estimate of drug-likeness (QED) is 0.393. The monoisotopic (exact) mass is 204 g/mol. The number of carbonyl (C=O) groups is 1. The molecule has 1 unspecified atom stereocenters. The first kappa shape index (κ1) is 12.5. The molecular weight excluding hydrogens is 188 g/mol. The van der Waals surface area contributed by atoms with Gasteiger partial charge in [0.25, 0.3) is 0 Å². The number of hydrogen-bond acceptors (Lipinski definition) is 1. The summed E-state index contributed by atoms with van der Waals surface area (Å²) in [6.07, 6.45) is 3.56. The van der Waals surface area contributed by atoms with Gasteiger partial charge in [-0.25, -0.2) is 0 Å². The maximum absolute atomic E-state index is 10.7. The molecule has 0 rings (SSSR count). The van der Waals surface area contributed by atoms with Crippen LogP contribution in [0.25, 0.3) is 0 Å². The summed E-state index contributed by atoms with van der Waals surface area (Å²) < 4.78 is 0. The van der Waals surface area contributed by atoms with E-state index >= 15 is 0 Å². The van der Waals surface area contributed by atoms with Gasteiger partial charge in [0.05, 0.1) is 5.92 Å². The van der Waals surface area contributed by atoms with Crippen LogP contribution in [0.2, 0.25) is 0 Å². The molecule has 0 aromatic heterocycles. The summed E-state index contributed by atoms with van der Waals surface area (Å²) in [4.78, 5) is 10.7. The van der Waals surface area contributed by atoms with Crippen LogP contribution in [-0.2, 0) is 4.79 Å². The van der Waals surface area contributed by atoms with E-state index in [0.717, 1.165) is 24.8 Å².